The minimum absolute atomic E-state index is 0.113. The first-order valence-corrected chi connectivity index (χ1v) is 19.3. The Bertz CT molecular complexity index is 2680. The average molecular weight is 670 g/mol. The number of fused-ring (bicyclic) bond motifs is 7. The maximum Gasteiger partial charge on any atom is 0.137 e. The van der Waals surface area contributed by atoms with E-state index in [2.05, 4.69) is 157 Å². The van der Waals surface area contributed by atoms with Gasteiger partial charge in [0.1, 0.15) is 11.2 Å². The quantitative estimate of drug-likeness (QED) is 0.185. The normalized spacial score (nSPS) is 23.8. The Balaban J connectivity index is 1.05. The van der Waals surface area contributed by atoms with Crippen LogP contribution in [0.25, 0.3) is 55.0 Å². The molecule has 4 saturated carbocycles. The molecule has 0 amide bonds. The van der Waals surface area contributed by atoms with Crippen molar-refractivity contribution in [1.29, 1.82) is 0 Å². The monoisotopic (exact) mass is 669 g/mol. The molecule has 7 aromatic carbocycles. The summed E-state index contributed by atoms with van der Waals surface area (Å²) in [6, 6.07) is 56.5. The zero-order chi connectivity index (χ0) is 34.0. The average Bonchev–Trinajstić information content (AvgIpc) is 3.70. The van der Waals surface area contributed by atoms with Gasteiger partial charge < -0.3 is 9.32 Å². The molecule has 1 heterocycles. The second-order valence-electron chi connectivity index (χ2n) is 16.1. The summed E-state index contributed by atoms with van der Waals surface area (Å²) in [5.74, 6) is 3.28. The van der Waals surface area contributed by atoms with Gasteiger partial charge in [-0.15, -0.1) is 0 Å². The molecule has 4 fully saturated rings. The first-order valence-electron chi connectivity index (χ1n) is 19.3. The van der Waals surface area contributed by atoms with Crippen molar-refractivity contribution in [2.45, 2.75) is 37.5 Å². The summed E-state index contributed by atoms with van der Waals surface area (Å²) in [4.78, 5) is 2.46. The summed E-state index contributed by atoms with van der Waals surface area (Å²) >= 11 is 0. The van der Waals surface area contributed by atoms with E-state index in [4.69, 9.17) is 4.42 Å². The van der Waals surface area contributed by atoms with Crippen LogP contribution in [0.1, 0.15) is 43.2 Å². The predicted octanol–water partition coefficient (Wildman–Crippen LogP) is 13.6. The highest BCUT2D eigenvalue weighted by Crippen LogP contribution is 2.69. The summed E-state index contributed by atoms with van der Waals surface area (Å²) in [5.41, 5.74) is 14.0. The van der Waals surface area contributed by atoms with Gasteiger partial charge in [0, 0.05) is 39.3 Å². The van der Waals surface area contributed by atoms with E-state index in [0.717, 1.165) is 57.0 Å². The van der Waals surface area contributed by atoms with Gasteiger partial charge in [-0.05, 0) is 142 Å². The second-order valence-corrected chi connectivity index (χ2v) is 16.1. The van der Waals surface area contributed by atoms with Crippen LogP contribution >= 0.6 is 0 Å². The molecule has 8 aromatic rings. The zero-order valence-electron chi connectivity index (χ0n) is 29.1. The van der Waals surface area contributed by atoms with Gasteiger partial charge in [-0.1, -0.05) is 103 Å². The molecule has 0 unspecified atom stereocenters. The Hall–Kier alpha value is -5.60. The Kier molecular flexibility index (Phi) is 5.98. The van der Waals surface area contributed by atoms with E-state index in [-0.39, 0.29) is 5.41 Å². The van der Waals surface area contributed by atoms with Crippen LogP contribution in [-0.2, 0) is 5.41 Å². The number of hydrogen-bond acceptors (Lipinski definition) is 2. The van der Waals surface area contributed by atoms with E-state index in [1.807, 2.05) is 0 Å². The van der Waals surface area contributed by atoms with Crippen molar-refractivity contribution in [1.82, 2.24) is 0 Å². The molecule has 5 aliphatic carbocycles. The number of nitrogens with zero attached hydrogens (tertiary/aromatic N) is 1. The van der Waals surface area contributed by atoms with Crippen molar-refractivity contribution in [3.8, 4) is 22.3 Å². The molecular formula is C50H39NO. The molecule has 250 valence electrons. The van der Waals surface area contributed by atoms with Crippen LogP contribution in [0.3, 0.4) is 0 Å². The lowest BCUT2D eigenvalue weighted by Gasteiger charge is -2.61. The van der Waals surface area contributed by atoms with Crippen molar-refractivity contribution in [3.63, 3.8) is 0 Å². The first kappa shape index (κ1) is 29.0. The highest BCUT2D eigenvalue weighted by atomic mass is 16.3. The zero-order valence-corrected chi connectivity index (χ0v) is 29.1. The minimum Gasteiger partial charge on any atom is -0.456 e. The number of benzene rings is 7. The molecule has 1 spiro atoms. The maximum atomic E-state index is 6.48. The summed E-state index contributed by atoms with van der Waals surface area (Å²) in [6.45, 7) is 0. The molecule has 0 N–H and O–H groups in total. The third-order valence-electron chi connectivity index (χ3n) is 13.6. The van der Waals surface area contributed by atoms with Crippen LogP contribution in [-0.4, -0.2) is 0 Å². The molecule has 0 saturated heterocycles. The topological polar surface area (TPSA) is 16.4 Å². The van der Waals surface area contributed by atoms with Crippen LogP contribution in [0.2, 0.25) is 0 Å². The smallest absolute Gasteiger partial charge is 0.137 e. The van der Waals surface area contributed by atoms with Crippen LogP contribution < -0.4 is 4.90 Å². The highest BCUT2D eigenvalue weighted by Gasteiger charge is 2.61. The molecule has 0 aliphatic heterocycles. The first-order chi connectivity index (χ1) is 25.7. The third-order valence-corrected chi connectivity index (χ3v) is 13.6. The Morgan fingerprint density at radius 2 is 1.06 bits per heavy atom. The van der Waals surface area contributed by atoms with E-state index >= 15 is 0 Å². The van der Waals surface area contributed by atoms with Gasteiger partial charge in [0.15, 0.2) is 0 Å². The van der Waals surface area contributed by atoms with Crippen molar-refractivity contribution in [2.24, 2.45) is 23.7 Å². The van der Waals surface area contributed by atoms with E-state index in [0.29, 0.717) is 0 Å². The number of hydrogen-bond donors (Lipinski definition) is 0. The summed E-state index contributed by atoms with van der Waals surface area (Å²) in [7, 11) is 0. The number of anilines is 3. The van der Waals surface area contributed by atoms with Gasteiger partial charge in [-0.2, -0.15) is 0 Å². The summed E-state index contributed by atoms with van der Waals surface area (Å²) in [6.07, 6.45) is 6.99. The van der Waals surface area contributed by atoms with E-state index in [1.54, 1.807) is 11.1 Å². The van der Waals surface area contributed by atoms with Crippen molar-refractivity contribution >= 4 is 49.8 Å². The van der Waals surface area contributed by atoms with Crippen LogP contribution in [0.4, 0.5) is 17.1 Å². The Morgan fingerprint density at radius 1 is 0.442 bits per heavy atom. The van der Waals surface area contributed by atoms with Gasteiger partial charge >= 0.3 is 0 Å². The third kappa shape index (κ3) is 3.96. The predicted molar refractivity (Wildman–Crippen MR) is 215 cm³/mol. The molecule has 2 nitrogen and oxygen atoms in total. The van der Waals surface area contributed by atoms with Crippen LogP contribution in [0.15, 0.2) is 156 Å². The second kappa shape index (κ2) is 10.7. The number of furan rings is 1. The molecule has 13 rings (SSSR count). The maximum absolute atomic E-state index is 6.48. The highest BCUT2D eigenvalue weighted by molar-refractivity contribution is 6.06. The van der Waals surface area contributed by atoms with Gasteiger partial charge in [0.25, 0.3) is 0 Å². The Morgan fingerprint density at radius 3 is 1.90 bits per heavy atom. The van der Waals surface area contributed by atoms with Crippen molar-refractivity contribution in [2.75, 3.05) is 4.90 Å². The van der Waals surface area contributed by atoms with Crippen LogP contribution in [0, 0.1) is 23.7 Å². The van der Waals surface area contributed by atoms with Crippen molar-refractivity contribution < 1.29 is 4.42 Å². The summed E-state index contributed by atoms with van der Waals surface area (Å²) < 4.78 is 6.48. The van der Waals surface area contributed by atoms with Crippen LogP contribution in [0.5, 0.6) is 0 Å². The van der Waals surface area contributed by atoms with E-state index in [1.165, 1.54) is 70.8 Å². The summed E-state index contributed by atoms with van der Waals surface area (Å²) in [5, 5.41) is 4.86. The van der Waals surface area contributed by atoms with Gasteiger partial charge in [0.2, 0.25) is 0 Å². The largest absolute Gasteiger partial charge is 0.456 e. The fraction of sp³-hybridized carbons (Fsp3) is 0.200. The number of para-hydroxylation sites is 1. The lowest BCUT2D eigenvalue weighted by atomic mass is 9.43. The number of rotatable bonds is 4. The lowest BCUT2D eigenvalue weighted by Crippen LogP contribution is -2.55. The standard InChI is InChI=1S/C50H39NO/c1-2-10-40-33(8-1)9-7-13-41(40)34-16-18-37(19-17-34)51(39-21-23-45-44-12-4-6-15-48(44)52-49(45)30-39)38-20-22-43-42-11-3-5-14-46(42)50(47(43)29-38)35-25-31-24-32(27-35)28-36(50)26-31/h1-23,29-32,35-36H,24-28H2. The lowest BCUT2D eigenvalue weighted by molar-refractivity contribution is -0.0399. The minimum atomic E-state index is 0.113. The molecule has 5 aliphatic rings. The molecular weight excluding hydrogens is 631 g/mol. The molecule has 2 heteroatoms. The fourth-order valence-corrected chi connectivity index (χ4v) is 11.8. The molecule has 0 radical (unpaired) electrons. The van der Waals surface area contributed by atoms with E-state index in [9.17, 15) is 0 Å². The fourth-order valence-electron chi connectivity index (χ4n) is 11.8. The molecule has 0 atom stereocenters. The van der Waals surface area contributed by atoms with Gasteiger partial charge in [-0.3, -0.25) is 0 Å². The molecule has 52 heavy (non-hydrogen) atoms. The van der Waals surface area contributed by atoms with Gasteiger partial charge in [-0.25, -0.2) is 0 Å². The van der Waals surface area contributed by atoms with Gasteiger partial charge in [0.05, 0.1) is 0 Å². The Labute approximate surface area is 304 Å². The molecule has 1 aromatic heterocycles. The van der Waals surface area contributed by atoms with E-state index < -0.39 is 0 Å². The molecule has 4 bridgehead atoms. The SMILES string of the molecule is c1ccc2c(c1)-c1ccc(N(c3ccc(-c4cccc5ccccc45)cc3)c3ccc4c(c3)oc3ccccc34)cc1C21C2CC3CC(C2)CC1C3. The van der Waals surface area contributed by atoms with Crippen molar-refractivity contribution in [3.05, 3.63) is 163 Å².